The summed E-state index contributed by atoms with van der Waals surface area (Å²) in [5, 5.41) is 8.88. The van der Waals surface area contributed by atoms with Crippen molar-refractivity contribution in [2.75, 3.05) is 40.5 Å². The molecule has 0 rings (SSSR count). The van der Waals surface area contributed by atoms with Gasteiger partial charge in [-0.05, 0) is 6.92 Å². The molecule has 0 saturated carbocycles. The third kappa shape index (κ3) is 6.05. The van der Waals surface area contributed by atoms with Crippen molar-refractivity contribution in [3.63, 3.8) is 0 Å². The standard InChI is InChI=1S/C11H23NO4/c1-9(11(13)14)7-12(5-6-15-3)10(2)8-16-4/h9-10H,5-8H2,1-4H3,(H,13,14). The van der Waals surface area contributed by atoms with Crippen LogP contribution in [0.2, 0.25) is 0 Å². The SMILES string of the molecule is COCCN(CC(C)C(=O)O)C(C)COC. The fraction of sp³-hybridized carbons (Fsp3) is 0.909. The summed E-state index contributed by atoms with van der Waals surface area (Å²) in [5.41, 5.74) is 0. The Hall–Kier alpha value is -0.650. The van der Waals surface area contributed by atoms with Crippen LogP contribution in [-0.2, 0) is 14.3 Å². The number of hydrogen-bond acceptors (Lipinski definition) is 4. The summed E-state index contributed by atoms with van der Waals surface area (Å²) >= 11 is 0. The number of hydrogen-bond donors (Lipinski definition) is 1. The molecule has 1 N–H and O–H groups in total. The number of carboxylic acids is 1. The molecule has 0 bridgehead atoms. The van der Waals surface area contributed by atoms with E-state index < -0.39 is 5.97 Å². The maximum Gasteiger partial charge on any atom is 0.307 e. The predicted molar refractivity (Wildman–Crippen MR) is 61.6 cm³/mol. The van der Waals surface area contributed by atoms with Gasteiger partial charge in [0.1, 0.15) is 0 Å². The summed E-state index contributed by atoms with van der Waals surface area (Å²) in [6.07, 6.45) is 0. The second kappa shape index (κ2) is 8.50. The summed E-state index contributed by atoms with van der Waals surface area (Å²) in [5.74, 6) is -1.15. The maximum atomic E-state index is 10.8. The maximum absolute atomic E-state index is 10.8. The fourth-order valence-electron chi connectivity index (χ4n) is 1.48. The smallest absolute Gasteiger partial charge is 0.307 e. The summed E-state index contributed by atoms with van der Waals surface area (Å²) in [7, 11) is 3.28. The molecule has 96 valence electrons. The van der Waals surface area contributed by atoms with Gasteiger partial charge in [-0.1, -0.05) is 6.92 Å². The van der Waals surface area contributed by atoms with Crippen molar-refractivity contribution in [1.29, 1.82) is 0 Å². The topological polar surface area (TPSA) is 59.0 Å². The molecule has 0 spiro atoms. The number of rotatable bonds is 9. The Morgan fingerprint density at radius 3 is 2.38 bits per heavy atom. The van der Waals surface area contributed by atoms with Crippen LogP contribution in [0.1, 0.15) is 13.8 Å². The van der Waals surface area contributed by atoms with Crippen LogP contribution in [0.5, 0.6) is 0 Å². The quantitative estimate of drug-likeness (QED) is 0.635. The molecule has 0 aliphatic rings. The average molecular weight is 233 g/mol. The number of carbonyl (C=O) groups is 1. The zero-order valence-electron chi connectivity index (χ0n) is 10.6. The highest BCUT2D eigenvalue weighted by Crippen LogP contribution is 2.05. The fourth-order valence-corrected chi connectivity index (χ4v) is 1.48. The molecule has 0 aromatic carbocycles. The summed E-state index contributed by atoms with van der Waals surface area (Å²) in [4.78, 5) is 12.9. The van der Waals surface area contributed by atoms with E-state index >= 15 is 0 Å². The predicted octanol–water partition coefficient (Wildman–Crippen LogP) is 0.690. The second-order valence-corrected chi connectivity index (χ2v) is 4.03. The van der Waals surface area contributed by atoms with Crippen molar-refractivity contribution in [2.24, 2.45) is 5.92 Å². The first-order valence-electron chi connectivity index (χ1n) is 5.47. The van der Waals surface area contributed by atoms with E-state index in [1.807, 2.05) is 6.92 Å². The van der Waals surface area contributed by atoms with E-state index in [9.17, 15) is 4.79 Å². The summed E-state index contributed by atoms with van der Waals surface area (Å²) in [6, 6.07) is 0.196. The van der Waals surface area contributed by atoms with Gasteiger partial charge in [0.15, 0.2) is 0 Å². The first kappa shape index (κ1) is 15.3. The van der Waals surface area contributed by atoms with Crippen molar-refractivity contribution in [3.05, 3.63) is 0 Å². The molecule has 2 unspecified atom stereocenters. The Labute approximate surface area is 97.3 Å². The molecule has 0 aliphatic carbocycles. The van der Waals surface area contributed by atoms with E-state index in [1.165, 1.54) is 0 Å². The van der Waals surface area contributed by atoms with Crippen LogP contribution in [0.3, 0.4) is 0 Å². The average Bonchev–Trinajstić information content (AvgIpc) is 2.23. The minimum Gasteiger partial charge on any atom is -0.481 e. The molecule has 5 nitrogen and oxygen atoms in total. The van der Waals surface area contributed by atoms with Gasteiger partial charge < -0.3 is 14.6 Å². The molecule has 0 radical (unpaired) electrons. The largest absolute Gasteiger partial charge is 0.481 e. The Morgan fingerprint density at radius 2 is 1.94 bits per heavy atom. The van der Waals surface area contributed by atoms with E-state index in [4.69, 9.17) is 14.6 Å². The van der Waals surface area contributed by atoms with Gasteiger partial charge in [-0.3, -0.25) is 9.69 Å². The molecule has 16 heavy (non-hydrogen) atoms. The lowest BCUT2D eigenvalue weighted by atomic mass is 10.1. The van der Waals surface area contributed by atoms with Crippen LogP contribution in [0.15, 0.2) is 0 Å². The molecule has 2 atom stereocenters. The van der Waals surface area contributed by atoms with Crippen molar-refractivity contribution >= 4 is 5.97 Å². The van der Waals surface area contributed by atoms with Crippen LogP contribution < -0.4 is 0 Å². The molecule has 0 amide bonds. The minimum absolute atomic E-state index is 0.196. The first-order valence-corrected chi connectivity index (χ1v) is 5.47. The summed E-state index contributed by atoms with van der Waals surface area (Å²) < 4.78 is 10.1. The lowest BCUT2D eigenvalue weighted by Gasteiger charge is -2.29. The van der Waals surface area contributed by atoms with Crippen molar-refractivity contribution in [2.45, 2.75) is 19.9 Å². The number of nitrogens with zero attached hydrogens (tertiary/aromatic N) is 1. The second-order valence-electron chi connectivity index (χ2n) is 4.03. The van der Waals surface area contributed by atoms with Crippen molar-refractivity contribution < 1.29 is 19.4 Å². The van der Waals surface area contributed by atoms with Gasteiger partial charge in [0.2, 0.25) is 0 Å². The molecular weight excluding hydrogens is 210 g/mol. The molecule has 0 fully saturated rings. The Bertz CT molecular complexity index is 198. The highest BCUT2D eigenvalue weighted by Gasteiger charge is 2.20. The normalized spacial score (nSPS) is 15.1. The van der Waals surface area contributed by atoms with Gasteiger partial charge >= 0.3 is 5.97 Å². The van der Waals surface area contributed by atoms with Gasteiger partial charge in [-0.15, -0.1) is 0 Å². The third-order valence-corrected chi connectivity index (χ3v) is 2.54. The number of aliphatic carboxylic acids is 1. The molecule has 0 aromatic heterocycles. The molecule has 0 saturated heterocycles. The Balaban J connectivity index is 4.23. The number of ether oxygens (including phenoxy) is 2. The van der Waals surface area contributed by atoms with E-state index in [1.54, 1.807) is 21.1 Å². The van der Waals surface area contributed by atoms with Gasteiger partial charge in [0.05, 0.1) is 19.1 Å². The molecule has 5 heteroatoms. The van der Waals surface area contributed by atoms with Crippen LogP contribution in [0.4, 0.5) is 0 Å². The minimum atomic E-state index is -0.771. The number of methoxy groups -OCH3 is 2. The monoisotopic (exact) mass is 233 g/mol. The lowest BCUT2D eigenvalue weighted by molar-refractivity contribution is -0.142. The van der Waals surface area contributed by atoms with Crippen LogP contribution >= 0.6 is 0 Å². The zero-order chi connectivity index (χ0) is 12.6. The van der Waals surface area contributed by atoms with Crippen molar-refractivity contribution in [3.8, 4) is 0 Å². The van der Waals surface area contributed by atoms with Gasteiger partial charge in [0, 0.05) is 33.4 Å². The van der Waals surface area contributed by atoms with Crippen LogP contribution in [0, 0.1) is 5.92 Å². The van der Waals surface area contributed by atoms with E-state index in [0.717, 1.165) is 6.54 Å². The Kier molecular flexibility index (Phi) is 8.15. The van der Waals surface area contributed by atoms with Crippen LogP contribution in [-0.4, -0.2) is 62.5 Å². The van der Waals surface area contributed by atoms with Gasteiger partial charge in [-0.2, -0.15) is 0 Å². The number of carboxylic acid groups (broad SMARTS) is 1. The molecule has 0 heterocycles. The van der Waals surface area contributed by atoms with Crippen molar-refractivity contribution in [1.82, 2.24) is 4.90 Å². The van der Waals surface area contributed by atoms with E-state index in [-0.39, 0.29) is 12.0 Å². The highest BCUT2D eigenvalue weighted by atomic mass is 16.5. The van der Waals surface area contributed by atoms with Gasteiger partial charge in [-0.25, -0.2) is 0 Å². The first-order chi connectivity index (χ1) is 7.52. The van der Waals surface area contributed by atoms with Crippen LogP contribution in [0.25, 0.3) is 0 Å². The highest BCUT2D eigenvalue weighted by molar-refractivity contribution is 5.69. The summed E-state index contributed by atoms with van der Waals surface area (Å²) in [6.45, 7) is 6.16. The van der Waals surface area contributed by atoms with Gasteiger partial charge in [0.25, 0.3) is 0 Å². The lowest BCUT2D eigenvalue weighted by Crippen LogP contribution is -2.42. The third-order valence-electron chi connectivity index (χ3n) is 2.54. The van der Waals surface area contributed by atoms with E-state index in [2.05, 4.69) is 4.90 Å². The van der Waals surface area contributed by atoms with E-state index in [0.29, 0.717) is 19.8 Å². The molecule has 0 aliphatic heterocycles. The molecular formula is C11H23NO4. The Morgan fingerprint density at radius 1 is 1.31 bits per heavy atom. The molecule has 0 aromatic rings. The zero-order valence-corrected chi connectivity index (χ0v) is 10.6.